The lowest BCUT2D eigenvalue weighted by molar-refractivity contribution is -0.120. The molecular formula is C23H30N4O. The maximum absolute atomic E-state index is 12.9. The molecule has 1 saturated heterocycles. The Kier molecular flexibility index (Phi) is 4.89. The molecule has 1 amide bonds. The predicted molar refractivity (Wildman–Crippen MR) is 117 cm³/mol. The second-order valence-corrected chi connectivity index (χ2v) is 8.39. The first-order valence-electron chi connectivity index (χ1n) is 10.2. The van der Waals surface area contributed by atoms with Gasteiger partial charge in [-0.3, -0.25) is 9.69 Å². The summed E-state index contributed by atoms with van der Waals surface area (Å²) >= 11 is 0. The summed E-state index contributed by atoms with van der Waals surface area (Å²) in [5.41, 5.74) is 9.32. The number of fused-ring (bicyclic) bond motifs is 3. The molecule has 5 nitrogen and oxygen atoms in total. The SMILES string of the molecule is CCn1c2ccccc2c2cc(NC(=O)C(C)N3CCC(C)(CN)C3)ccc21. The Morgan fingerprint density at radius 3 is 2.68 bits per heavy atom. The van der Waals surface area contributed by atoms with Crippen LogP contribution in [0.25, 0.3) is 21.8 Å². The van der Waals surface area contributed by atoms with Gasteiger partial charge < -0.3 is 15.6 Å². The highest BCUT2D eigenvalue weighted by molar-refractivity contribution is 6.10. The van der Waals surface area contributed by atoms with Gasteiger partial charge in [-0.15, -0.1) is 0 Å². The number of aromatic nitrogens is 1. The summed E-state index contributed by atoms with van der Waals surface area (Å²) in [6.07, 6.45) is 1.05. The lowest BCUT2D eigenvalue weighted by Gasteiger charge is -2.26. The fraction of sp³-hybridized carbons (Fsp3) is 0.435. The third kappa shape index (κ3) is 3.19. The number of hydrogen-bond acceptors (Lipinski definition) is 3. The van der Waals surface area contributed by atoms with Crippen LogP contribution in [0.2, 0.25) is 0 Å². The van der Waals surface area contributed by atoms with E-state index in [-0.39, 0.29) is 17.4 Å². The summed E-state index contributed by atoms with van der Waals surface area (Å²) in [5, 5.41) is 5.53. The molecule has 4 rings (SSSR count). The first-order valence-corrected chi connectivity index (χ1v) is 10.2. The quantitative estimate of drug-likeness (QED) is 0.710. The van der Waals surface area contributed by atoms with Crippen molar-refractivity contribution >= 4 is 33.4 Å². The van der Waals surface area contributed by atoms with E-state index in [0.29, 0.717) is 6.54 Å². The summed E-state index contributed by atoms with van der Waals surface area (Å²) in [6, 6.07) is 14.5. The maximum atomic E-state index is 12.9. The van der Waals surface area contributed by atoms with Crippen molar-refractivity contribution in [2.75, 3.05) is 25.0 Å². The van der Waals surface area contributed by atoms with Gasteiger partial charge in [-0.25, -0.2) is 0 Å². The van der Waals surface area contributed by atoms with Crippen LogP contribution in [-0.2, 0) is 11.3 Å². The number of carbonyl (C=O) groups excluding carboxylic acids is 1. The van der Waals surface area contributed by atoms with Gasteiger partial charge in [0.1, 0.15) is 0 Å². The topological polar surface area (TPSA) is 63.3 Å². The van der Waals surface area contributed by atoms with Gasteiger partial charge in [-0.2, -0.15) is 0 Å². The van der Waals surface area contributed by atoms with E-state index < -0.39 is 0 Å². The predicted octanol–water partition coefficient (Wildman–Crippen LogP) is 3.81. The molecule has 1 aromatic heterocycles. The number of para-hydroxylation sites is 1. The van der Waals surface area contributed by atoms with Crippen LogP contribution < -0.4 is 11.1 Å². The van der Waals surface area contributed by atoms with Crippen molar-refractivity contribution in [1.29, 1.82) is 0 Å². The van der Waals surface area contributed by atoms with Gasteiger partial charge in [-0.05, 0) is 63.0 Å². The molecule has 0 bridgehead atoms. The van der Waals surface area contributed by atoms with E-state index in [1.54, 1.807) is 0 Å². The van der Waals surface area contributed by atoms with Crippen LogP contribution in [0.3, 0.4) is 0 Å². The average Bonchev–Trinajstić information content (AvgIpc) is 3.26. The molecule has 1 fully saturated rings. The number of nitrogens with one attached hydrogen (secondary N) is 1. The zero-order valence-electron chi connectivity index (χ0n) is 17.0. The Hall–Kier alpha value is -2.37. The van der Waals surface area contributed by atoms with Gasteiger partial charge in [0.05, 0.1) is 6.04 Å². The lowest BCUT2D eigenvalue weighted by Crippen LogP contribution is -2.42. The van der Waals surface area contributed by atoms with Crippen LogP contribution in [-0.4, -0.2) is 41.1 Å². The molecule has 2 atom stereocenters. The fourth-order valence-corrected chi connectivity index (χ4v) is 4.44. The van der Waals surface area contributed by atoms with Crippen molar-refractivity contribution in [3.05, 3.63) is 42.5 Å². The molecule has 2 unspecified atom stereocenters. The summed E-state index contributed by atoms with van der Waals surface area (Å²) in [7, 11) is 0. The van der Waals surface area contributed by atoms with Gasteiger partial charge in [0.2, 0.25) is 5.91 Å². The van der Waals surface area contributed by atoms with Crippen molar-refractivity contribution in [3.8, 4) is 0 Å². The number of carbonyl (C=O) groups is 1. The number of anilines is 1. The van der Waals surface area contributed by atoms with Crippen molar-refractivity contribution < 1.29 is 4.79 Å². The summed E-state index contributed by atoms with van der Waals surface area (Å²) in [4.78, 5) is 15.1. The minimum atomic E-state index is -0.166. The number of amides is 1. The van der Waals surface area contributed by atoms with E-state index in [1.807, 2.05) is 13.0 Å². The Bertz CT molecular complexity index is 1020. The van der Waals surface area contributed by atoms with Crippen LogP contribution in [0.4, 0.5) is 5.69 Å². The fourth-order valence-electron chi connectivity index (χ4n) is 4.44. The second-order valence-electron chi connectivity index (χ2n) is 8.39. The monoisotopic (exact) mass is 378 g/mol. The van der Waals surface area contributed by atoms with Crippen LogP contribution in [0.15, 0.2) is 42.5 Å². The Morgan fingerprint density at radius 2 is 1.96 bits per heavy atom. The van der Waals surface area contributed by atoms with E-state index in [9.17, 15) is 4.79 Å². The van der Waals surface area contributed by atoms with Crippen molar-refractivity contribution in [2.24, 2.45) is 11.1 Å². The highest BCUT2D eigenvalue weighted by Gasteiger charge is 2.36. The Morgan fingerprint density at radius 1 is 1.21 bits per heavy atom. The highest BCUT2D eigenvalue weighted by atomic mass is 16.2. The number of hydrogen-bond donors (Lipinski definition) is 2. The van der Waals surface area contributed by atoms with Crippen LogP contribution in [0, 0.1) is 5.41 Å². The zero-order valence-corrected chi connectivity index (χ0v) is 17.0. The number of nitrogens with zero attached hydrogens (tertiary/aromatic N) is 2. The minimum Gasteiger partial charge on any atom is -0.341 e. The van der Waals surface area contributed by atoms with Crippen molar-refractivity contribution in [2.45, 2.75) is 39.8 Å². The van der Waals surface area contributed by atoms with Crippen molar-refractivity contribution in [3.63, 3.8) is 0 Å². The van der Waals surface area contributed by atoms with Gasteiger partial charge in [-0.1, -0.05) is 25.1 Å². The summed E-state index contributed by atoms with van der Waals surface area (Å²) in [5.74, 6) is 0.0415. The molecule has 1 aliphatic rings. The van der Waals surface area contributed by atoms with E-state index in [1.165, 1.54) is 21.8 Å². The minimum absolute atomic E-state index is 0.0415. The number of likely N-dealkylation sites (tertiary alicyclic amines) is 1. The number of aryl methyl sites for hydroxylation is 1. The van der Waals surface area contributed by atoms with Gasteiger partial charge in [0.15, 0.2) is 0 Å². The maximum Gasteiger partial charge on any atom is 0.241 e. The number of benzene rings is 2. The van der Waals surface area contributed by atoms with Gasteiger partial charge >= 0.3 is 0 Å². The number of nitrogens with two attached hydrogens (primary N) is 1. The smallest absolute Gasteiger partial charge is 0.241 e. The normalized spacial score (nSPS) is 21.4. The summed E-state index contributed by atoms with van der Waals surface area (Å²) < 4.78 is 2.32. The molecule has 1 aliphatic heterocycles. The summed E-state index contributed by atoms with van der Waals surface area (Å²) in [6.45, 7) is 9.73. The van der Waals surface area contributed by atoms with E-state index in [4.69, 9.17) is 5.73 Å². The molecule has 0 saturated carbocycles. The zero-order chi connectivity index (χ0) is 19.9. The van der Waals surface area contributed by atoms with Gasteiger partial charge in [0.25, 0.3) is 0 Å². The van der Waals surface area contributed by atoms with Crippen LogP contribution in [0.5, 0.6) is 0 Å². The molecule has 3 N–H and O–H groups in total. The van der Waals surface area contributed by atoms with E-state index in [2.05, 4.69) is 65.0 Å². The lowest BCUT2D eigenvalue weighted by atomic mass is 9.90. The third-order valence-electron chi connectivity index (χ3n) is 6.36. The van der Waals surface area contributed by atoms with Crippen molar-refractivity contribution in [1.82, 2.24) is 9.47 Å². The first kappa shape index (κ1) is 19.0. The molecule has 5 heteroatoms. The molecule has 0 spiro atoms. The van der Waals surface area contributed by atoms with Gasteiger partial charge in [0, 0.05) is 40.6 Å². The van der Waals surface area contributed by atoms with E-state index in [0.717, 1.165) is 31.7 Å². The standard InChI is InChI=1S/C23H30N4O/c1-4-27-20-8-6-5-7-18(20)19-13-17(9-10-21(19)27)25-22(28)16(2)26-12-11-23(3,14-24)15-26/h5-10,13,16H,4,11-12,14-15,24H2,1-3H3,(H,25,28). The second kappa shape index (κ2) is 7.22. The largest absolute Gasteiger partial charge is 0.341 e. The first-order chi connectivity index (χ1) is 13.5. The van der Waals surface area contributed by atoms with E-state index >= 15 is 0 Å². The number of rotatable bonds is 5. The van der Waals surface area contributed by atoms with Crippen LogP contribution >= 0.6 is 0 Å². The Balaban J connectivity index is 1.58. The molecule has 3 aromatic rings. The molecule has 0 aliphatic carbocycles. The Labute approximate surface area is 166 Å². The highest BCUT2D eigenvalue weighted by Crippen LogP contribution is 2.32. The molecule has 2 aromatic carbocycles. The van der Waals surface area contributed by atoms with Crippen LogP contribution in [0.1, 0.15) is 27.2 Å². The molecule has 2 heterocycles. The third-order valence-corrected chi connectivity index (χ3v) is 6.36. The molecule has 0 radical (unpaired) electrons. The molecule has 28 heavy (non-hydrogen) atoms. The molecule has 148 valence electrons. The average molecular weight is 379 g/mol. The molecular weight excluding hydrogens is 348 g/mol.